The first-order chi connectivity index (χ1) is 9.93. The third kappa shape index (κ3) is 4.73. The van der Waals surface area contributed by atoms with Crippen LogP contribution >= 0.6 is 0 Å². The topological polar surface area (TPSA) is 75.6 Å². The number of carboxylic acids is 1. The molecule has 0 saturated heterocycles. The number of hydrogen-bond donors (Lipinski definition) is 2. The minimum Gasteiger partial charge on any atom is -0.493 e. The third-order valence-electron chi connectivity index (χ3n) is 3.39. The van der Waals surface area contributed by atoms with Crippen molar-refractivity contribution >= 4 is 11.9 Å². The highest BCUT2D eigenvalue weighted by Gasteiger charge is 2.36. The summed E-state index contributed by atoms with van der Waals surface area (Å²) in [5.74, 6) is -1.54. The Labute approximate surface area is 123 Å². The van der Waals surface area contributed by atoms with Gasteiger partial charge in [-0.05, 0) is 25.0 Å². The quantitative estimate of drug-likeness (QED) is 0.772. The summed E-state index contributed by atoms with van der Waals surface area (Å²) in [5.41, 5.74) is -1.24. The largest absolute Gasteiger partial charge is 0.493 e. The van der Waals surface area contributed by atoms with Gasteiger partial charge in [-0.2, -0.15) is 0 Å². The van der Waals surface area contributed by atoms with E-state index in [2.05, 4.69) is 5.32 Å². The minimum atomic E-state index is -1.24. The molecular weight excluding hydrogens is 277 g/mol. The van der Waals surface area contributed by atoms with E-state index in [4.69, 9.17) is 4.74 Å². The number of rotatable bonds is 8. The van der Waals surface area contributed by atoms with Crippen molar-refractivity contribution in [1.29, 1.82) is 0 Å². The van der Waals surface area contributed by atoms with Crippen molar-refractivity contribution in [3.63, 3.8) is 0 Å². The molecule has 0 aliphatic rings. The molecule has 0 unspecified atom stereocenters. The van der Waals surface area contributed by atoms with E-state index in [-0.39, 0.29) is 13.0 Å². The molecule has 1 aromatic carbocycles. The maximum atomic E-state index is 12.9. The molecule has 0 atom stereocenters. The summed E-state index contributed by atoms with van der Waals surface area (Å²) in [6, 6.07) is 5.61. The zero-order chi connectivity index (χ0) is 15.9. The second-order valence-corrected chi connectivity index (χ2v) is 4.70. The number of benzene rings is 1. The Kier molecular flexibility index (Phi) is 6.14. The van der Waals surface area contributed by atoms with E-state index >= 15 is 0 Å². The van der Waals surface area contributed by atoms with Crippen LogP contribution in [0.3, 0.4) is 0 Å². The Bertz CT molecular complexity index is 500. The molecule has 6 heteroatoms. The van der Waals surface area contributed by atoms with Crippen LogP contribution in [0.4, 0.5) is 4.39 Å². The van der Waals surface area contributed by atoms with Crippen molar-refractivity contribution in [3.05, 3.63) is 30.1 Å². The molecular formula is C15H20FNO4. The van der Waals surface area contributed by atoms with Crippen LogP contribution in [0, 0.1) is 5.82 Å². The first kappa shape index (κ1) is 16.9. The van der Waals surface area contributed by atoms with Gasteiger partial charge in [-0.25, -0.2) is 9.18 Å². The number of halogens is 1. The summed E-state index contributed by atoms with van der Waals surface area (Å²) in [6.07, 6.45) is 0.607. The SMILES string of the molecule is CCC(CC)(NC(=O)CCOc1cccc(F)c1)C(=O)O. The molecule has 0 aliphatic carbocycles. The van der Waals surface area contributed by atoms with E-state index < -0.39 is 23.2 Å². The fourth-order valence-electron chi connectivity index (χ4n) is 1.93. The van der Waals surface area contributed by atoms with Crippen LogP contribution in [0.15, 0.2) is 24.3 Å². The summed E-state index contributed by atoms with van der Waals surface area (Å²) < 4.78 is 18.2. The van der Waals surface area contributed by atoms with Crippen LogP contribution in [-0.4, -0.2) is 29.1 Å². The third-order valence-corrected chi connectivity index (χ3v) is 3.39. The Morgan fingerprint density at radius 1 is 1.33 bits per heavy atom. The average Bonchev–Trinajstić information content (AvgIpc) is 2.44. The first-order valence-electron chi connectivity index (χ1n) is 6.86. The van der Waals surface area contributed by atoms with Crippen LogP contribution in [-0.2, 0) is 9.59 Å². The summed E-state index contributed by atoms with van der Waals surface area (Å²) in [5, 5.41) is 11.8. The number of ether oxygens (including phenoxy) is 1. The average molecular weight is 297 g/mol. The molecule has 116 valence electrons. The molecule has 1 amide bonds. The number of carbonyl (C=O) groups is 2. The van der Waals surface area contributed by atoms with Gasteiger partial charge in [0.05, 0.1) is 13.0 Å². The molecule has 0 aromatic heterocycles. The van der Waals surface area contributed by atoms with Crippen LogP contribution in [0.1, 0.15) is 33.1 Å². The second kappa shape index (κ2) is 7.61. The van der Waals surface area contributed by atoms with Crippen molar-refractivity contribution in [2.45, 2.75) is 38.6 Å². The Morgan fingerprint density at radius 3 is 2.52 bits per heavy atom. The fraction of sp³-hybridized carbons (Fsp3) is 0.467. The standard InChI is InChI=1S/C15H20FNO4/c1-3-15(4-2,14(19)20)17-13(18)8-9-21-12-7-5-6-11(16)10-12/h5-7,10H,3-4,8-9H2,1-2H3,(H,17,18)(H,19,20). The maximum Gasteiger partial charge on any atom is 0.329 e. The van der Waals surface area contributed by atoms with Crippen molar-refractivity contribution in [3.8, 4) is 5.75 Å². The Hall–Kier alpha value is -2.11. The Balaban J connectivity index is 2.48. The van der Waals surface area contributed by atoms with Gasteiger partial charge in [0.2, 0.25) is 5.91 Å². The van der Waals surface area contributed by atoms with Gasteiger partial charge >= 0.3 is 5.97 Å². The molecule has 5 nitrogen and oxygen atoms in total. The summed E-state index contributed by atoms with van der Waals surface area (Å²) >= 11 is 0. The highest BCUT2D eigenvalue weighted by Crippen LogP contribution is 2.16. The molecule has 0 spiro atoms. The van der Waals surface area contributed by atoms with Crippen LogP contribution in [0.2, 0.25) is 0 Å². The number of hydrogen-bond acceptors (Lipinski definition) is 3. The lowest BCUT2D eigenvalue weighted by Crippen LogP contribution is -2.53. The van der Waals surface area contributed by atoms with Crippen LogP contribution < -0.4 is 10.1 Å². The second-order valence-electron chi connectivity index (χ2n) is 4.70. The van der Waals surface area contributed by atoms with Gasteiger partial charge in [-0.1, -0.05) is 19.9 Å². The van der Waals surface area contributed by atoms with Gasteiger partial charge in [0.1, 0.15) is 17.1 Å². The van der Waals surface area contributed by atoms with Crippen molar-refractivity contribution in [2.24, 2.45) is 0 Å². The predicted octanol–water partition coefficient (Wildman–Crippen LogP) is 2.35. The number of aliphatic carboxylic acids is 1. The van der Waals surface area contributed by atoms with Gasteiger partial charge in [0.15, 0.2) is 0 Å². The van der Waals surface area contributed by atoms with E-state index in [1.54, 1.807) is 19.9 Å². The molecule has 0 radical (unpaired) electrons. The van der Waals surface area contributed by atoms with E-state index in [1.807, 2.05) is 0 Å². The van der Waals surface area contributed by atoms with Gasteiger partial charge in [0, 0.05) is 6.07 Å². The summed E-state index contributed by atoms with van der Waals surface area (Å²) in [6.45, 7) is 3.47. The molecule has 2 N–H and O–H groups in total. The molecule has 0 aliphatic heterocycles. The van der Waals surface area contributed by atoms with Gasteiger partial charge in [-0.3, -0.25) is 4.79 Å². The summed E-state index contributed by atoms with van der Waals surface area (Å²) in [4.78, 5) is 23.1. The predicted molar refractivity (Wildman–Crippen MR) is 75.6 cm³/mol. The molecule has 0 heterocycles. The number of amides is 1. The van der Waals surface area contributed by atoms with Crippen LogP contribution in [0.25, 0.3) is 0 Å². The zero-order valence-corrected chi connectivity index (χ0v) is 12.2. The van der Waals surface area contributed by atoms with Gasteiger partial charge < -0.3 is 15.2 Å². The fourth-order valence-corrected chi connectivity index (χ4v) is 1.93. The first-order valence-corrected chi connectivity index (χ1v) is 6.86. The van der Waals surface area contributed by atoms with Crippen molar-refractivity contribution in [1.82, 2.24) is 5.32 Å². The molecule has 0 fully saturated rings. The van der Waals surface area contributed by atoms with Crippen molar-refractivity contribution < 1.29 is 23.8 Å². The minimum absolute atomic E-state index is 0.00550. The highest BCUT2D eigenvalue weighted by atomic mass is 19.1. The summed E-state index contributed by atoms with van der Waals surface area (Å²) in [7, 11) is 0. The van der Waals surface area contributed by atoms with E-state index in [0.717, 1.165) is 0 Å². The smallest absolute Gasteiger partial charge is 0.329 e. The van der Waals surface area contributed by atoms with Crippen molar-refractivity contribution in [2.75, 3.05) is 6.61 Å². The van der Waals surface area contributed by atoms with Crippen LogP contribution in [0.5, 0.6) is 5.75 Å². The zero-order valence-electron chi connectivity index (χ0n) is 12.2. The lowest BCUT2D eigenvalue weighted by atomic mass is 9.93. The number of carboxylic acid groups (broad SMARTS) is 1. The van der Waals surface area contributed by atoms with E-state index in [0.29, 0.717) is 18.6 Å². The normalized spacial score (nSPS) is 11.0. The lowest BCUT2D eigenvalue weighted by molar-refractivity contribution is -0.148. The monoisotopic (exact) mass is 297 g/mol. The molecule has 21 heavy (non-hydrogen) atoms. The van der Waals surface area contributed by atoms with E-state index in [1.165, 1.54) is 18.2 Å². The maximum absolute atomic E-state index is 12.9. The highest BCUT2D eigenvalue weighted by molar-refractivity contribution is 5.86. The number of carbonyl (C=O) groups excluding carboxylic acids is 1. The van der Waals surface area contributed by atoms with Gasteiger partial charge in [0.25, 0.3) is 0 Å². The molecule has 0 saturated carbocycles. The number of nitrogens with one attached hydrogen (secondary N) is 1. The lowest BCUT2D eigenvalue weighted by Gasteiger charge is -2.28. The van der Waals surface area contributed by atoms with E-state index in [9.17, 15) is 19.1 Å². The molecule has 0 bridgehead atoms. The van der Waals surface area contributed by atoms with Gasteiger partial charge in [-0.15, -0.1) is 0 Å². The molecule has 1 rings (SSSR count). The molecule has 1 aromatic rings. The Morgan fingerprint density at radius 2 is 2.00 bits per heavy atom.